The fourth-order valence-electron chi connectivity index (χ4n) is 2.01. The number of carbonyl (C=O) groups is 1. The van der Waals surface area contributed by atoms with E-state index >= 15 is 0 Å². The Bertz CT molecular complexity index is 380. The SMILES string of the molecule is CC1SCCN(C(=O)C(N)c2cccs2)C1C. The van der Waals surface area contributed by atoms with Crippen LogP contribution in [0.15, 0.2) is 17.5 Å². The van der Waals surface area contributed by atoms with Crippen molar-refractivity contribution in [2.75, 3.05) is 12.3 Å². The van der Waals surface area contributed by atoms with Crippen LogP contribution >= 0.6 is 23.1 Å². The van der Waals surface area contributed by atoms with Crippen molar-refractivity contribution in [1.82, 2.24) is 4.90 Å². The summed E-state index contributed by atoms with van der Waals surface area (Å²) in [7, 11) is 0. The molecule has 0 spiro atoms. The van der Waals surface area contributed by atoms with Gasteiger partial charge in [0.1, 0.15) is 6.04 Å². The molecule has 1 amide bonds. The minimum absolute atomic E-state index is 0.0621. The molecule has 0 radical (unpaired) electrons. The Hall–Kier alpha value is -0.520. The van der Waals surface area contributed by atoms with Crippen LogP contribution in [0.4, 0.5) is 0 Å². The van der Waals surface area contributed by atoms with E-state index in [0.29, 0.717) is 5.25 Å². The lowest BCUT2D eigenvalue weighted by Crippen LogP contribution is -2.50. The number of thioether (sulfide) groups is 1. The molecule has 1 fully saturated rings. The number of amides is 1. The highest BCUT2D eigenvalue weighted by Gasteiger charge is 2.32. The van der Waals surface area contributed by atoms with Crippen molar-refractivity contribution >= 4 is 29.0 Å². The molecule has 0 aromatic carbocycles. The Morgan fingerprint density at radius 1 is 1.59 bits per heavy atom. The summed E-state index contributed by atoms with van der Waals surface area (Å²) in [5.74, 6) is 1.07. The van der Waals surface area contributed by atoms with E-state index in [4.69, 9.17) is 5.73 Å². The monoisotopic (exact) mass is 270 g/mol. The predicted molar refractivity (Wildman–Crippen MR) is 74.3 cm³/mol. The summed E-state index contributed by atoms with van der Waals surface area (Å²) in [6.07, 6.45) is 0. The van der Waals surface area contributed by atoms with E-state index in [1.807, 2.05) is 34.2 Å². The molecule has 0 bridgehead atoms. The molecule has 1 aliphatic rings. The van der Waals surface area contributed by atoms with Crippen molar-refractivity contribution in [2.24, 2.45) is 5.73 Å². The van der Waals surface area contributed by atoms with Gasteiger partial charge < -0.3 is 10.6 Å². The Kier molecular flexibility index (Phi) is 4.12. The highest BCUT2D eigenvalue weighted by Crippen LogP contribution is 2.27. The number of hydrogen-bond donors (Lipinski definition) is 1. The van der Waals surface area contributed by atoms with E-state index in [1.54, 1.807) is 11.3 Å². The molecule has 2 heterocycles. The molecular weight excluding hydrogens is 252 g/mol. The smallest absolute Gasteiger partial charge is 0.245 e. The fraction of sp³-hybridized carbons (Fsp3) is 0.583. The average Bonchev–Trinajstić information content (AvgIpc) is 2.84. The number of rotatable bonds is 2. The van der Waals surface area contributed by atoms with Crippen LogP contribution in [-0.2, 0) is 4.79 Å². The lowest BCUT2D eigenvalue weighted by molar-refractivity contribution is -0.134. The average molecular weight is 270 g/mol. The summed E-state index contributed by atoms with van der Waals surface area (Å²) in [4.78, 5) is 15.2. The first kappa shape index (κ1) is 12.9. The molecule has 17 heavy (non-hydrogen) atoms. The van der Waals surface area contributed by atoms with Crippen LogP contribution in [0.25, 0.3) is 0 Å². The molecule has 3 atom stereocenters. The summed E-state index contributed by atoms with van der Waals surface area (Å²) < 4.78 is 0. The molecule has 1 aromatic heterocycles. The van der Waals surface area contributed by atoms with E-state index in [0.717, 1.165) is 17.2 Å². The Morgan fingerprint density at radius 2 is 2.35 bits per heavy atom. The number of carbonyl (C=O) groups excluding carboxylic acids is 1. The van der Waals surface area contributed by atoms with Gasteiger partial charge in [0.15, 0.2) is 0 Å². The van der Waals surface area contributed by atoms with Crippen molar-refractivity contribution < 1.29 is 4.79 Å². The van der Waals surface area contributed by atoms with Crippen LogP contribution in [-0.4, -0.2) is 34.4 Å². The highest BCUT2D eigenvalue weighted by molar-refractivity contribution is 8.00. The van der Waals surface area contributed by atoms with Crippen molar-refractivity contribution in [2.45, 2.75) is 31.2 Å². The predicted octanol–water partition coefficient (Wildman–Crippen LogP) is 2.10. The van der Waals surface area contributed by atoms with Crippen LogP contribution in [0.5, 0.6) is 0 Å². The van der Waals surface area contributed by atoms with E-state index in [-0.39, 0.29) is 11.9 Å². The number of hydrogen-bond acceptors (Lipinski definition) is 4. The first-order valence-corrected chi connectivity index (χ1v) is 7.75. The standard InChI is InChI=1S/C12H18N2OS2/c1-8-9(2)16-7-5-14(8)12(15)11(13)10-4-3-6-17-10/h3-4,6,8-9,11H,5,7,13H2,1-2H3. The third-order valence-corrected chi connectivity index (χ3v) is 5.58. The molecule has 3 unspecified atom stereocenters. The molecule has 2 N–H and O–H groups in total. The lowest BCUT2D eigenvalue weighted by Gasteiger charge is -2.38. The topological polar surface area (TPSA) is 46.3 Å². The van der Waals surface area contributed by atoms with E-state index in [1.165, 1.54) is 0 Å². The second kappa shape index (κ2) is 5.42. The van der Waals surface area contributed by atoms with Crippen molar-refractivity contribution in [3.05, 3.63) is 22.4 Å². The van der Waals surface area contributed by atoms with Gasteiger partial charge in [-0.15, -0.1) is 11.3 Å². The van der Waals surface area contributed by atoms with E-state index < -0.39 is 6.04 Å². The first-order valence-electron chi connectivity index (χ1n) is 5.82. The van der Waals surface area contributed by atoms with Crippen LogP contribution in [0, 0.1) is 0 Å². The van der Waals surface area contributed by atoms with Gasteiger partial charge in [-0.1, -0.05) is 13.0 Å². The molecule has 94 valence electrons. The molecule has 5 heteroatoms. The van der Waals surface area contributed by atoms with E-state index in [2.05, 4.69) is 13.8 Å². The summed E-state index contributed by atoms with van der Waals surface area (Å²) >= 11 is 3.47. The summed E-state index contributed by atoms with van der Waals surface area (Å²) in [6.45, 7) is 5.09. The van der Waals surface area contributed by atoms with E-state index in [9.17, 15) is 4.79 Å². The van der Waals surface area contributed by atoms with Gasteiger partial charge in [-0.2, -0.15) is 11.8 Å². The molecule has 0 aliphatic carbocycles. The van der Waals surface area contributed by atoms with Gasteiger partial charge >= 0.3 is 0 Å². The van der Waals surface area contributed by atoms with Crippen molar-refractivity contribution in [3.8, 4) is 0 Å². The maximum atomic E-state index is 12.4. The molecule has 2 rings (SSSR count). The first-order chi connectivity index (χ1) is 8.11. The molecule has 0 saturated carbocycles. The van der Waals surface area contributed by atoms with Crippen LogP contribution < -0.4 is 5.73 Å². The number of nitrogens with zero attached hydrogens (tertiary/aromatic N) is 1. The lowest BCUT2D eigenvalue weighted by atomic mass is 10.1. The normalized spacial score (nSPS) is 26.9. The van der Waals surface area contributed by atoms with Crippen LogP contribution in [0.3, 0.4) is 0 Å². The zero-order chi connectivity index (χ0) is 12.4. The van der Waals surface area contributed by atoms with Gasteiger partial charge in [0.2, 0.25) is 5.91 Å². The summed E-state index contributed by atoms with van der Waals surface area (Å²) in [6, 6.07) is 3.64. The quantitative estimate of drug-likeness (QED) is 0.895. The second-order valence-corrected chi connectivity index (χ2v) is 6.81. The van der Waals surface area contributed by atoms with Gasteiger partial charge in [0.25, 0.3) is 0 Å². The number of thiophene rings is 1. The Labute approximate surface area is 110 Å². The van der Waals surface area contributed by atoms with Gasteiger partial charge in [0.05, 0.1) is 0 Å². The van der Waals surface area contributed by atoms with Crippen LogP contribution in [0.2, 0.25) is 0 Å². The Morgan fingerprint density at radius 3 is 3.00 bits per heavy atom. The molecule has 1 aromatic rings. The summed E-state index contributed by atoms with van der Waals surface area (Å²) in [5.41, 5.74) is 6.03. The maximum absolute atomic E-state index is 12.4. The molecule has 3 nitrogen and oxygen atoms in total. The van der Waals surface area contributed by atoms with Crippen molar-refractivity contribution in [3.63, 3.8) is 0 Å². The fourth-order valence-corrected chi connectivity index (χ4v) is 3.83. The third kappa shape index (κ3) is 2.67. The largest absolute Gasteiger partial charge is 0.336 e. The molecular formula is C12H18N2OS2. The number of nitrogens with two attached hydrogens (primary N) is 1. The zero-order valence-corrected chi connectivity index (χ0v) is 11.8. The third-order valence-electron chi connectivity index (χ3n) is 3.28. The molecule has 1 saturated heterocycles. The summed E-state index contributed by atoms with van der Waals surface area (Å²) in [5, 5.41) is 2.45. The Balaban J connectivity index is 2.09. The minimum Gasteiger partial charge on any atom is -0.336 e. The molecule has 1 aliphatic heterocycles. The van der Waals surface area contributed by atoms with Crippen LogP contribution in [0.1, 0.15) is 24.8 Å². The second-order valence-electron chi connectivity index (χ2n) is 4.34. The minimum atomic E-state index is -0.493. The van der Waals surface area contributed by atoms with Gasteiger partial charge in [-0.25, -0.2) is 0 Å². The maximum Gasteiger partial charge on any atom is 0.245 e. The van der Waals surface area contributed by atoms with Gasteiger partial charge in [-0.3, -0.25) is 4.79 Å². The zero-order valence-electron chi connectivity index (χ0n) is 10.1. The van der Waals surface area contributed by atoms with Gasteiger partial charge in [-0.05, 0) is 18.4 Å². The highest BCUT2D eigenvalue weighted by atomic mass is 32.2. The van der Waals surface area contributed by atoms with Crippen molar-refractivity contribution in [1.29, 1.82) is 0 Å². The van der Waals surface area contributed by atoms with Gasteiger partial charge in [0, 0.05) is 28.5 Å².